The van der Waals surface area contributed by atoms with Crippen LogP contribution in [0.15, 0.2) is 9.85 Å². The zero-order chi connectivity index (χ0) is 11.9. The standard InChI is InChI=1S/C10H10BrN3OS/c1-5-9(11)6(2)14(13-5)8-4-16-10(12-8)7(3)15/h4H,1-3H3. The van der Waals surface area contributed by atoms with Crippen molar-refractivity contribution in [3.8, 4) is 5.82 Å². The molecule has 2 aromatic rings. The Hall–Kier alpha value is -1.01. The van der Waals surface area contributed by atoms with Gasteiger partial charge in [0.25, 0.3) is 0 Å². The van der Waals surface area contributed by atoms with Crippen LogP contribution < -0.4 is 0 Å². The fraction of sp³-hybridized carbons (Fsp3) is 0.300. The highest BCUT2D eigenvalue weighted by Gasteiger charge is 2.13. The molecule has 0 N–H and O–H groups in total. The Balaban J connectivity index is 2.50. The summed E-state index contributed by atoms with van der Waals surface area (Å²) >= 11 is 4.80. The molecule has 16 heavy (non-hydrogen) atoms. The van der Waals surface area contributed by atoms with Gasteiger partial charge in [-0.05, 0) is 29.8 Å². The largest absolute Gasteiger partial charge is 0.292 e. The summed E-state index contributed by atoms with van der Waals surface area (Å²) in [5.74, 6) is 0.679. The molecule has 0 aliphatic carbocycles. The number of Topliss-reactive ketones (excluding diaryl/α,β-unsaturated/α-hetero) is 1. The minimum absolute atomic E-state index is 0.0168. The first-order chi connectivity index (χ1) is 7.50. The average Bonchev–Trinajstić information content (AvgIpc) is 2.79. The van der Waals surface area contributed by atoms with Crippen LogP contribution in [0.3, 0.4) is 0 Å². The van der Waals surface area contributed by atoms with Gasteiger partial charge < -0.3 is 0 Å². The van der Waals surface area contributed by atoms with Crippen LogP contribution in [0.25, 0.3) is 5.82 Å². The zero-order valence-corrected chi connectivity index (χ0v) is 11.5. The Morgan fingerprint density at radius 2 is 2.19 bits per heavy atom. The number of nitrogens with zero attached hydrogens (tertiary/aromatic N) is 3. The van der Waals surface area contributed by atoms with E-state index >= 15 is 0 Å². The lowest BCUT2D eigenvalue weighted by Crippen LogP contribution is -2.00. The molecule has 0 saturated carbocycles. The smallest absolute Gasteiger partial charge is 0.188 e. The number of aromatic nitrogens is 3. The predicted molar refractivity (Wildman–Crippen MR) is 66.4 cm³/mol. The van der Waals surface area contributed by atoms with E-state index in [0.717, 1.165) is 15.9 Å². The third kappa shape index (κ3) is 1.82. The molecule has 0 atom stereocenters. The maximum absolute atomic E-state index is 11.2. The van der Waals surface area contributed by atoms with E-state index in [1.165, 1.54) is 18.3 Å². The van der Waals surface area contributed by atoms with Crippen LogP contribution in [0.4, 0.5) is 0 Å². The van der Waals surface area contributed by atoms with Crippen molar-refractivity contribution in [1.82, 2.24) is 14.8 Å². The lowest BCUT2D eigenvalue weighted by atomic mass is 10.4. The number of hydrogen-bond donors (Lipinski definition) is 0. The normalized spacial score (nSPS) is 10.8. The highest BCUT2D eigenvalue weighted by molar-refractivity contribution is 9.10. The van der Waals surface area contributed by atoms with Crippen molar-refractivity contribution in [2.75, 3.05) is 0 Å². The van der Waals surface area contributed by atoms with Gasteiger partial charge in [0.05, 0.1) is 15.9 Å². The van der Waals surface area contributed by atoms with E-state index in [0.29, 0.717) is 10.8 Å². The van der Waals surface area contributed by atoms with Gasteiger partial charge in [-0.3, -0.25) is 4.79 Å². The molecule has 4 nitrogen and oxygen atoms in total. The van der Waals surface area contributed by atoms with Gasteiger partial charge in [-0.15, -0.1) is 11.3 Å². The first kappa shape index (κ1) is 11.5. The molecule has 0 radical (unpaired) electrons. The number of aryl methyl sites for hydroxylation is 1. The fourth-order valence-corrected chi connectivity index (χ4v) is 2.30. The summed E-state index contributed by atoms with van der Waals surface area (Å²) in [6.45, 7) is 5.39. The Morgan fingerprint density at radius 3 is 2.62 bits per heavy atom. The molecule has 0 saturated heterocycles. The van der Waals surface area contributed by atoms with Crippen LogP contribution in [0.5, 0.6) is 0 Å². The van der Waals surface area contributed by atoms with Gasteiger partial charge in [-0.2, -0.15) is 5.10 Å². The first-order valence-corrected chi connectivity index (χ1v) is 6.36. The summed E-state index contributed by atoms with van der Waals surface area (Å²) in [6.07, 6.45) is 0. The van der Waals surface area contributed by atoms with Crippen LogP contribution in [0.1, 0.15) is 28.1 Å². The molecular weight excluding hydrogens is 290 g/mol. The monoisotopic (exact) mass is 299 g/mol. The molecule has 0 spiro atoms. The zero-order valence-electron chi connectivity index (χ0n) is 9.11. The van der Waals surface area contributed by atoms with Gasteiger partial charge >= 0.3 is 0 Å². The maximum atomic E-state index is 11.2. The van der Waals surface area contributed by atoms with Gasteiger partial charge in [0, 0.05) is 12.3 Å². The average molecular weight is 300 g/mol. The predicted octanol–water partition coefficient (Wildman–Crippen LogP) is 2.91. The minimum Gasteiger partial charge on any atom is -0.292 e. The summed E-state index contributed by atoms with van der Waals surface area (Å²) in [7, 11) is 0. The van der Waals surface area contributed by atoms with E-state index in [1.807, 2.05) is 19.2 Å². The van der Waals surface area contributed by atoms with Gasteiger partial charge in [0.2, 0.25) is 0 Å². The highest BCUT2D eigenvalue weighted by atomic mass is 79.9. The number of carbonyl (C=O) groups is 1. The molecule has 2 rings (SSSR count). The quantitative estimate of drug-likeness (QED) is 0.801. The Bertz CT molecular complexity index is 558. The van der Waals surface area contributed by atoms with E-state index in [2.05, 4.69) is 26.0 Å². The van der Waals surface area contributed by atoms with Crippen molar-refractivity contribution in [2.45, 2.75) is 20.8 Å². The lowest BCUT2D eigenvalue weighted by molar-refractivity contribution is 0.101. The third-order valence-electron chi connectivity index (χ3n) is 2.21. The van der Waals surface area contributed by atoms with Crippen molar-refractivity contribution in [3.63, 3.8) is 0 Å². The van der Waals surface area contributed by atoms with Crippen LogP contribution in [0, 0.1) is 13.8 Å². The molecule has 2 aromatic heterocycles. The number of halogens is 1. The molecule has 84 valence electrons. The van der Waals surface area contributed by atoms with Crippen LogP contribution >= 0.6 is 27.3 Å². The maximum Gasteiger partial charge on any atom is 0.188 e. The van der Waals surface area contributed by atoms with Crippen molar-refractivity contribution >= 4 is 33.0 Å². The summed E-state index contributed by atoms with van der Waals surface area (Å²) in [5, 5.41) is 6.70. The molecule has 0 aliphatic rings. The Morgan fingerprint density at radius 1 is 1.50 bits per heavy atom. The minimum atomic E-state index is -0.0168. The second-order valence-electron chi connectivity index (χ2n) is 3.46. The van der Waals surface area contributed by atoms with Crippen molar-refractivity contribution in [2.24, 2.45) is 0 Å². The van der Waals surface area contributed by atoms with Crippen LogP contribution in [-0.2, 0) is 0 Å². The van der Waals surface area contributed by atoms with Crippen LogP contribution in [-0.4, -0.2) is 20.5 Å². The second kappa shape index (κ2) is 4.10. The summed E-state index contributed by atoms with van der Waals surface area (Å²) in [4.78, 5) is 15.4. The first-order valence-electron chi connectivity index (χ1n) is 4.69. The molecule has 0 bridgehead atoms. The van der Waals surface area contributed by atoms with E-state index in [1.54, 1.807) is 4.68 Å². The number of hydrogen-bond acceptors (Lipinski definition) is 4. The molecule has 0 aliphatic heterocycles. The molecule has 0 amide bonds. The summed E-state index contributed by atoms with van der Waals surface area (Å²) < 4.78 is 2.72. The van der Waals surface area contributed by atoms with Crippen molar-refractivity contribution in [3.05, 3.63) is 26.2 Å². The molecule has 0 unspecified atom stereocenters. The van der Waals surface area contributed by atoms with E-state index in [4.69, 9.17) is 0 Å². The van der Waals surface area contributed by atoms with Gasteiger partial charge in [-0.1, -0.05) is 0 Å². The Labute approximate surface area is 105 Å². The topological polar surface area (TPSA) is 47.8 Å². The highest BCUT2D eigenvalue weighted by Crippen LogP contribution is 2.23. The second-order valence-corrected chi connectivity index (χ2v) is 5.11. The number of carbonyl (C=O) groups excluding carboxylic acids is 1. The molecule has 0 aromatic carbocycles. The molecule has 0 fully saturated rings. The van der Waals surface area contributed by atoms with E-state index in [9.17, 15) is 4.79 Å². The summed E-state index contributed by atoms with van der Waals surface area (Å²) in [6, 6.07) is 0. The molecule has 2 heterocycles. The van der Waals surface area contributed by atoms with Gasteiger partial charge in [-0.25, -0.2) is 9.67 Å². The van der Waals surface area contributed by atoms with E-state index < -0.39 is 0 Å². The number of rotatable bonds is 2. The Kier molecular flexibility index (Phi) is 2.94. The van der Waals surface area contributed by atoms with Gasteiger partial charge in [0.1, 0.15) is 0 Å². The summed E-state index contributed by atoms with van der Waals surface area (Å²) in [5.41, 5.74) is 1.90. The van der Waals surface area contributed by atoms with Gasteiger partial charge in [0.15, 0.2) is 16.6 Å². The number of thiazole rings is 1. The molecular formula is C10H10BrN3OS. The van der Waals surface area contributed by atoms with Crippen LogP contribution in [0.2, 0.25) is 0 Å². The van der Waals surface area contributed by atoms with Crippen molar-refractivity contribution < 1.29 is 4.79 Å². The molecule has 6 heteroatoms. The fourth-order valence-electron chi connectivity index (χ4n) is 1.37. The SMILES string of the molecule is CC(=O)c1nc(-n2nc(C)c(Br)c2C)cs1. The number of ketones is 1. The third-order valence-corrected chi connectivity index (χ3v) is 4.29. The van der Waals surface area contributed by atoms with Crippen molar-refractivity contribution in [1.29, 1.82) is 0 Å². The van der Waals surface area contributed by atoms with E-state index in [-0.39, 0.29) is 5.78 Å². The lowest BCUT2D eigenvalue weighted by Gasteiger charge is -1.98.